The molecule has 28 heavy (non-hydrogen) atoms. The normalized spacial score (nSPS) is 13.4. The highest BCUT2D eigenvalue weighted by Gasteiger charge is 2.27. The standard InChI is InChI=1S/C20H31N3O5/c1-7-26-18(25)27-14-8-9-16-15(12-14)21-13-23(16)11-10-20(5,6)22-17(24)28-19(2,3)4/h8-9,12,21H,7,10-11,13H2,1-6H3,(H,22,24). The first-order valence-corrected chi connectivity index (χ1v) is 9.48. The van der Waals surface area contributed by atoms with Crippen LogP contribution in [0, 0.1) is 0 Å². The third-order valence-electron chi connectivity index (χ3n) is 4.08. The van der Waals surface area contributed by atoms with E-state index < -0.39 is 23.4 Å². The molecule has 2 rings (SSSR count). The molecule has 2 N–H and O–H groups in total. The number of rotatable bonds is 6. The maximum atomic E-state index is 12.0. The molecule has 0 saturated heterocycles. The Morgan fingerprint density at radius 3 is 2.57 bits per heavy atom. The molecule has 1 heterocycles. The number of anilines is 2. The molecule has 1 aliphatic heterocycles. The van der Waals surface area contributed by atoms with Crippen molar-refractivity contribution in [3.8, 4) is 5.75 Å². The summed E-state index contributed by atoms with van der Waals surface area (Å²) in [6, 6.07) is 5.41. The lowest BCUT2D eigenvalue weighted by molar-refractivity contribution is 0.0469. The van der Waals surface area contributed by atoms with E-state index in [9.17, 15) is 9.59 Å². The number of ether oxygens (including phenoxy) is 3. The maximum Gasteiger partial charge on any atom is 0.513 e. The number of alkyl carbamates (subject to hydrolysis) is 1. The minimum atomic E-state index is -0.715. The summed E-state index contributed by atoms with van der Waals surface area (Å²) in [5, 5.41) is 6.21. The van der Waals surface area contributed by atoms with Crippen LogP contribution in [0.2, 0.25) is 0 Å². The van der Waals surface area contributed by atoms with Gasteiger partial charge in [0, 0.05) is 18.2 Å². The van der Waals surface area contributed by atoms with Crippen molar-refractivity contribution in [3.63, 3.8) is 0 Å². The molecule has 1 aliphatic rings. The first-order chi connectivity index (χ1) is 13.0. The number of nitrogens with one attached hydrogen (secondary N) is 2. The number of fused-ring (bicyclic) bond motifs is 1. The summed E-state index contributed by atoms with van der Waals surface area (Å²) in [6.07, 6.45) is -0.403. The van der Waals surface area contributed by atoms with Crippen molar-refractivity contribution in [3.05, 3.63) is 18.2 Å². The van der Waals surface area contributed by atoms with Gasteiger partial charge in [-0.3, -0.25) is 0 Å². The van der Waals surface area contributed by atoms with Gasteiger partial charge in [-0.05, 0) is 60.1 Å². The minimum absolute atomic E-state index is 0.267. The summed E-state index contributed by atoms with van der Waals surface area (Å²) in [6.45, 7) is 12.8. The highest BCUT2D eigenvalue weighted by molar-refractivity contribution is 5.77. The van der Waals surface area contributed by atoms with E-state index in [1.54, 1.807) is 19.1 Å². The Labute approximate surface area is 166 Å². The smallest absolute Gasteiger partial charge is 0.444 e. The first-order valence-electron chi connectivity index (χ1n) is 9.48. The van der Waals surface area contributed by atoms with Gasteiger partial charge >= 0.3 is 12.2 Å². The quantitative estimate of drug-likeness (QED) is 0.555. The molecule has 8 nitrogen and oxygen atoms in total. The average Bonchev–Trinajstić information content (AvgIpc) is 2.93. The van der Waals surface area contributed by atoms with E-state index in [1.165, 1.54) is 0 Å². The van der Waals surface area contributed by atoms with Crippen molar-refractivity contribution in [2.45, 2.75) is 59.1 Å². The van der Waals surface area contributed by atoms with Gasteiger partial charge in [-0.2, -0.15) is 0 Å². The number of carbonyl (C=O) groups excluding carboxylic acids is 2. The fourth-order valence-electron chi connectivity index (χ4n) is 2.76. The minimum Gasteiger partial charge on any atom is -0.444 e. The number of hydrogen-bond donors (Lipinski definition) is 2. The number of hydrogen-bond acceptors (Lipinski definition) is 7. The van der Waals surface area contributed by atoms with Crippen LogP contribution in [0.3, 0.4) is 0 Å². The fourth-order valence-corrected chi connectivity index (χ4v) is 2.76. The summed E-state index contributed by atoms with van der Waals surface area (Å²) in [7, 11) is 0. The van der Waals surface area contributed by atoms with Crippen LogP contribution in [-0.2, 0) is 9.47 Å². The molecule has 156 valence electrons. The molecule has 8 heteroatoms. The highest BCUT2D eigenvalue weighted by Crippen LogP contribution is 2.35. The van der Waals surface area contributed by atoms with Gasteiger partial charge in [-0.25, -0.2) is 9.59 Å². The summed E-state index contributed by atoms with van der Waals surface area (Å²) in [4.78, 5) is 25.6. The zero-order chi connectivity index (χ0) is 20.9. The average molecular weight is 393 g/mol. The molecule has 0 fully saturated rings. The van der Waals surface area contributed by atoms with Gasteiger partial charge in [0.2, 0.25) is 0 Å². The van der Waals surface area contributed by atoms with Crippen LogP contribution in [-0.4, -0.2) is 43.2 Å². The highest BCUT2D eigenvalue weighted by atomic mass is 16.7. The third-order valence-corrected chi connectivity index (χ3v) is 4.08. The third kappa shape index (κ3) is 6.51. The van der Waals surface area contributed by atoms with Gasteiger partial charge < -0.3 is 29.7 Å². The molecule has 1 amide bonds. The number of nitrogens with zero attached hydrogens (tertiary/aromatic N) is 1. The Morgan fingerprint density at radius 2 is 1.93 bits per heavy atom. The van der Waals surface area contributed by atoms with Crippen molar-refractivity contribution >= 4 is 23.6 Å². The van der Waals surface area contributed by atoms with Gasteiger partial charge in [0.1, 0.15) is 11.4 Å². The van der Waals surface area contributed by atoms with Crippen LogP contribution in [0.25, 0.3) is 0 Å². The maximum absolute atomic E-state index is 12.0. The van der Waals surface area contributed by atoms with E-state index in [-0.39, 0.29) is 6.61 Å². The second-order valence-electron chi connectivity index (χ2n) is 8.32. The van der Waals surface area contributed by atoms with Crippen molar-refractivity contribution in [1.29, 1.82) is 0 Å². The Morgan fingerprint density at radius 1 is 1.21 bits per heavy atom. The number of benzene rings is 1. The molecular formula is C20H31N3O5. The van der Waals surface area contributed by atoms with Crippen LogP contribution < -0.4 is 20.3 Å². The van der Waals surface area contributed by atoms with Gasteiger partial charge in [0.05, 0.1) is 24.7 Å². The zero-order valence-corrected chi connectivity index (χ0v) is 17.5. The van der Waals surface area contributed by atoms with Crippen LogP contribution >= 0.6 is 0 Å². The van der Waals surface area contributed by atoms with E-state index >= 15 is 0 Å². The fraction of sp³-hybridized carbons (Fsp3) is 0.600. The molecule has 0 bridgehead atoms. The van der Waals surface area contributed by atoms with Gasteiger partial charge in [-0.1, -0.05) is 0 Å². The lowest BCUT2D eigenvalue weighted by atomic mass is 10.0. The second-order valence-corrected chi connectivity index (χ2v) is 8.32. The van der Waals surface area contributed by atoms with Crippen LogP contribution in [0.1, 0.15) is 48.0 Å². The molecule has 1 aromatic rings. The van der Waals surface area contributed by atoms with E-state index in [4.69, 9.17) is 14.2 Å². The van der Waals surface area contributed by atoms with Crippen LogP contribution in [0.15, 0.2) is 18.2 Å². The molecule has 0 unspecified atom stereocenters. The summed E-state index contributed by atoms with van der Waals surface area (Å²) in [5.74, 6) is 0.429. The molecule has 1 aromatic carbocycles. The van der Waals surface area contributed by atoms with Crippen LogP contribution in [0.4, 0.5) is 21.0 Å². The van der Waals surface area contributed by atoms with Crippen molar-refractivity contribution in [2.75, 3.05) is 30.0 Å². The summed E-state index contributed by atoms with van der Waals surface area (Å²) < 4.78 is 15.3. The molecular weight excluding hydrogens is 362 g/mol. The van der Waals surface area contributed by atoms with E-state index in [0.717, 1.165) is 24.3 Å². The van der Waals surface area contributed by atoms with Crippen LogP contribution in [0.5, 0.6) is 5.75 Å². The van der Waals surface area contributed by atoms with E-state index in [0.29, 0.717) is 12.4 Å². The number of amides is 1. The topological polar surface area (TPSA) is 89.1 Å². The largest absolute Gasteiger partial charge is 0.513 e. The zero-order valence-electron chi connectivity index (χ0n) is 17.5. The van der Waals surface area contributed by atoms with Crippen molar-refractivity contribution in [1.82, 2.24) is 5.32 Å². The van der Waals surface area contributed by atoms with Gasteiger partial charge in [-0.15, -0.1) is 0 Å². The Hall–Kier alpha value is -2.64. The predicted octanol–water partition coefficient (Wildman–Crippen LogP) is 4.10. The Bertz CT molecular complexity index is 712. The van der Waals surface area contributed by atoms with E-state index in [1.807, 2.05) is 40.7 Å². The van der Waals surface area contributed by atoms with Crippen molar-refractivity contribution in [2.24, 2.45) is 0 Å². The van der Waals surface area contributed by atoms with Gasteiger partial charge in [0.15, 0.2) is 0 Å². The van der Waals surface area contributed by atoms with E-state index in [2.05, 4.69) is 15.5 Å². The number of carbonyl (C=O) groups is 2. The Balaban J connectivity index is 1.92. The van der Waals surface area contributed by atoms with Crippen molar-refractivity contribution < 1.29 is 23.8 Å². The summed E-state index contributed by atoms with van der Waals surface area (Å²) in [5.41, 5.74) is 0.961. The monoisotopic (exact) mass is 393 g/mol. The SMILES string of the molecule is CCOC(=O)Oc1ccc2c(c1)NCN2CCC(C)(C)NC(=O)OC(C)(C)C. The molecule has 0 spiro atoms. The molecule has 0 aliphatic carbocycles. The molecule has 0 aromatic heterocycles. The second kappa shape index (κ2) is 8.58. The summed E-state index contributed by atoms with van der Waals surface area (Å²) >= 11 is 0. The first kappa shape index (κ1) is 21.7. The molecule has 0 atom stereocenters. The lowest BCUT2D eigenvalue weighted by Crippen LogP contribution is -2.47. The Kier molecular flexibility index (Phi) is 6.64. The molecule has 0 radical (unpaired) electrons. The lowest BCUT2D eigenvalue weighted by Gasteiger charge is -2.30. The predicted molar refractivity (Wildman–Crippen MR) is 108 cm³/mol. The van der Waals surface area contributed by atoms with Gasteiger partial charge in [0.25, 0.3) is 0 Å². The molecule has 0 saturated carbocycles.